The van der Waals surface area contributed by atoms with Crippen molar-refractivity contribution in [1.82, 2.24) is 0 Å². The van der Waals surface area contributed by atoms with Crippen LogP contribution < -0.4 is 4.90 Å². The van der Waals surface area contributed by atoms with E-state index in [1.54, 1.807) is 11.8 Å². The van der Waals surface area contributed by atoms with Crippen molar-refractivity contribution in [1.29, 1.82) is 5.26 Å². The molecule has 0 aliphatic carbocycles. The molecule has 3 rings (SSSR count). The van der Waals surface area contributed by atoms with Crippen molar-refractivity contribution < 1.29 is 0 Å². The molecule has 92 valence electrons. The molecule has 0 radical (unpaired) electrons. The van der Waals surface area contributed by atoms with E-state index in [4.69, 9.17) is 5.26 Å². The highest BCUT2D eigenvalue weighted by Crippen LogP contribution is 2.48. The second-order valence-corrected chi connectivity index (χ2v) is 5.35. The summed E-state index contributed by atoms with van der Waals surface area (Å²) in [6.07, 6.45) is 1.88. The summed E-state index contributed by atoms with van der Waals surface area (Å²) in [5, 5.41) is 9.06. The normalized spacial score (nSPS) is 12.3. The van der Waals surface area contributed by atoms with Gasteiger partial charge in [-0.15, -0.1) is 6.58 Å². The van der Waals surface area contributed by atoms with E-state index in [9.17, 15) is 0 Å². The molecule has 0 N–H and O–H groups in total. The van der Waals surface area contributed by atoms with Crippen molar-refractivity contribution in [3.63, 3.8) is 0 Å². The lowest BCUT2D eigenvalue weighted by Gasteiger charge is -2.32. The van der Waals surface area contributed by atoms with Gasteiger partial charge in [-0.1, -0.05) is 30.0 Å². The van der Waals surface area contributed by atoms with Gasteiger partial charge in [0.15, 0.2) is 0 Å². The van der Waals surface area contributed by atoms with Crippen molar-refractivity contribution in [2.24, 2.45) is 0 Å². The van der Waals surface area contributed by atoms with Gasteiger partial charge in [-0.25, -0.2) is 0 Å². The maximum absolute atomic E-state index is 9.06. The summed E-state index contributed by atoms with van der Waals surface area (Å²) in [5.74, 6) is 0. The molecular weight excluding hydrogens is 252 g/mol. The maximum Gasteiger partial charge on any atom is 0.0992 e. The minimum absolute atomic E-state index is 0.688. The predicted octanol–water partition coefficient (Wildman–Crippen LogP) is 4.35. The first-order valence-corrected chi connectivity index (χ1v) is 6.84. The summed E-state index contributed by atoms with van der Waals surface area (Å²) in [4.78, 5) is 4.62. The van der Waals surface area contributed by atoms with Crippen LogP contribution in [0, 0.1) is 11.3 Å². The first-order valence-electron chi connectivity index (χ1n) is 6.03. The molecule has 2 aromatic rings. The van der Waals surface area contributed by atoms with Crippen molar-refractivity contribution in [3.8, 4) is 6.07 Å². The molecule has 0 bridgehead atoms. The Morgan fingerprint density at radius 3 is 2.74 bits per heavy atom. The van der Waals surface area contributed by atoms with Gasteiger partial charge >= 0.3 is 0 Å². The Morgan fingerprint density at radius 1 is 1.16 bits per heavy atom. The van der Waals surface area contributed by atoms with Crippen LogP contribution in [0.5, 0.6) is 0 Å². The smallest absolute Gasteiger partial charge is 0.0992 e. The van der Waals surface area contributed by atoms with E-state index < -0.39 is 0 Å². The van der Waals surface area contributed by atoms with Crippen LogP contribution in [0.25, 0.3) is 0 Å². The molecule has 0 saturated carbocycles. The third-order valence-corrected chi connectivity index (χ3v) is 4.20. The van der Waals surface area contributed by atoms with Gasteiger partial charge in [0.1, 0.15) is 0 Å². The van der Waals surface area contributed by atoms with Gasteiger partial charge in [-0.05, 0) is 30.3 Å². The highest BCUT2D eigenvalue weighted by Gasteiger charge is 2.22. The number of rotatable bonds is 2. The van der Waals surface area contributed by atoms with Crippen molar-refractivity contribution in [3.05, 3.63) is 60.7 Å². The van der Waals surface area contributed by atoms with Crippen LogP contribution in [-0.4, -0.2) is 6.54 Å². The Morgan fingerprint density at radius 2 is 1.95 bits per heavy atom. The molecule has 0 atom stereocenters. The molecule has 2 nitrogen and oxygen atoms in total. The van der Waals surface area contributed by atoms with E-state index in [-0.39, 0.29) is 0 Å². The summed E-state index contributed by atoms with van der Waals surface area (Å²) in [5.41, 5.74) is 2.95. The van der Waals surface area contributed by atoms with Crippen molar-refractivity contribution >= 4 is 23.1 Å². The average Bonchev–Trinajstić information content (AvgIpc) is 2.47. The van der Waals surface area contributed by atoms with Gasteiger partial charge < -0.3 is 4.90 Å². The van der Waals surface area contributed by atoms with Crippen LogP contribution in [0.4, 0.5) is 11.4 Å². The molecule has 0 fully saturated rings. The van der Waals surface area contributed by atoms with Gasteiger partial charge in [0.25, 0.3) is 0 Å². The van der Waals surface area contributed by atoms with Gasteiger partial charge in [0.2, 0.25) is 0 Å². The lowest BCUT2D eigenvalue weighted by Crippen LogP contribution is -2.20. The highest BCUT2D eigenvalue weighted by molar-refractivity contribution is 7.99. The average molecular weight is 264 g/mol. The Kier molecular flexibility index (Phi) is 3.02. The SMILES string of the molecule is C=CCN1c2ccccc2Sc2ccc(C#N)cc21. The van der Waals surface area contributed by atoms with Crippen LogP contribution in [0.15, 0.2) is 64.9 Å². The molecule has 0 aromatic heterocycles. The molecule has 0 unspecified atom stereocenters. The summed E-state index contributed by atoms with van der Waals surface area (Å²) in [6, 6.07) is 16.3. The summed E-state index contributed by atoms with van der Waals surface area (Å²) in [7, 11) is 0. The van der Waals surface area contributed by atoms with E-state index in [2.05, 4.69) is 29.7 Å². The lowest BCUT2D eigenvalue weighted by molar-refractivity contribution is 1.03. The fraction of sp³-hybridized carbons (Fsp3) is 0.0625. The number of fused-ring (bicyclic) bond motifs is 2. The van der Waals surface area contributed by atoms with Crippen LogP contribution in [0.1, 0.15) is 5.56 Å². The third-order valence-electron chi connectivity index (χ3n) is 3.07. The number of nitriles is 1. The lowest BCUT2D eigenvalue weighted by atomic mass is 10.1. The van der Waals surface area contributed by atoms with E-state index in [1.807, 2.05) is 36.4 Å². The molecule has 2 aromatic carbocycles. The van der Waals surface area contributed by atoms with E-state index in [1.165, 1.54) is 15.5 Å². The molecule has 1 heterocycles. The quantitative estimate of drug-likeness (QED) is 0.755. The Hall–Kier alpha value is -2.18. The molecule has 19 heavy (non-hydrogen) atoms. The van der Waals surface area contributed by atoms with Gasteiger partial charge in [0.05, 0.1) is 23.0 Å². The van der Waals surface area contributed by atoms with Crippen molar-refractivity contribution in [2.75, 3.05) is 11.4 Å². The first-order chi connectivity index (χ1) is 9.33. The van der Waals surface area contributed by atoms with Crippen LogP contribution in [-0.2, 0) is 0 Å². The summed E-state index contributed by atoms with van der Waals surface area (Å²) >= 11 is 1.75. The first kappa shape index (κ1) is 11.9. The fourth-order valence-corrected chi connectivity index (χ4v) is 3.30. The third kappa shape index (κ3) is 2.00. The fourth-order valence-electron chi connectivity index (χ4n) is 2.22. The minimum Gasteiger partial charge on any atom is -0.336 e. The van der Waals surface area contributed by atoms with Gasteiger partial charge in [0, 0.05) is 16.3 Å². The van der Waals surface area contributed by atoms with E-state index in [0.29, 0.717) is 5.56 Å². The summed E-state index contributed by atoms with van der Waals surface area (Å²) in [6.45, 7) is 4.57. The maximum atomic E-state index is 9.06. The standard InChI is InChI=1S/C16H12N2S/c1-2-9-18-13-5-3-4-6-15(13)19-16-8-7-12(11-17)10-14(16)18/h2-8,10H,1,9H2. The van der Waals surface area contributed by atoms with E-state index >= 15 is 0 Å². The zero-order valence-corrected chi connectivity index (χ0v) is 11.2. The number of para-hydroxylation sites is 1. The second kappa shape index (κ2) is 4.83. The largest absolute Gasteiger partial charge is 0.336 e. The molecular formula is C16H12N2S. The number of nitrogens with zero attached hydrogens (tertiary/aromatic N) is 2. The number of hydrogen-bond acceptors (Lipinski definition) is 3. The number of hydrogen-bond donors (Lipinski definition) is 0. The zero-order chi connectivity index (χ0) is 13.2. The van der Waals surface area contributed by atoms with Crippen LogP contribution >= 0.6 is 11.8 Å². The minimum atomic E-state index is 0.688. The van der Waals surface area contributed by atoms with Crippen molar-refractivity contribution in [2.45, 2.75) is 9.79 Å². The topological polar surface area (TPSA) is 27.0 Å². The highest BCUT2D eigenvalue weighted by atomic mass is 32.2. The van der Waals surface area contributed by atoms with Gasteiger partial charge in [-0.3, -0.25) is 0 Å². The predicted molar refractivity (Wildman–Crippen MR) is 78.9 cm³/mol. The molecule has 1 aliphatic rings. The number of anilines is 2. The molecule has 3 heteroatoms. The number of benzene rings is 2. The molecule has 0 amide bonds. The Bertz CT molecular complexity index is 685. The van der Waals surface area contributed by atoms with Crippen LogP contribution in [0.3, 0.4) is 0 Å². The Labute approximate surface area is 117 Å². The molecule has 1 aliphatic heterocycles. The zero-order valence-electron chi connectivity index (χ0n) is 10.3. The molecule has 0 saturated heterocycles. The van der Waals surface area contributed by atoms with Gasteiger partial charge in [-0.2, -0.15) is 5.26 Å². The Balaban J connectivity index is 2.18. The monoisotopic (exact) mass is 264 g/mol. The van der Waals surface area contributed by atoms with E-state index in [0.717, 1.165) is 12.2 Å². The second-order valence-electron chi connectivity index (χ2n) is 4.26. The van der Waals surface area contributed by atoms with Crippen LogP contribution in [0.2, 0.25) is 0 Å². The molecule has 0 spiro atoms. The summed E-state index contributed by atoms with van der Waals surface area (Å²) < 4.78 is 0.